The van der Waals surface area contributed by atoms with E-state index < -0.39 is 5.97 Å². The molecule has 1 aliphatic heterocycles. The van der Waals surface area contributed by atoms with E-state index in [0.29, 0.717) is 44.5 Å². The third kappa shape index (κ3) is 4.69. The van der Waals surface area contributed by atoms with Gasteiger partial charge in [-0.2, -0.15) is 0 Å². The van der Waals surface area contributed by atoms with E-state index in [1.165, 1.54) is 0 Å². The Hall–Kier alpha value is -3.62. The highest BCUT2D eigenvalue weighted by Gasteiger charge is 2.33. The van der Waals surface area contributed by atoms with Crippen molar-refractivity contribution in [2.24, 2.45) is 5.92 Å². The molecule has 3 fully saturated rings. The second kappa shape index (κ2) is 10.1. The molecular formula is C30H26Cl2N4O4. The first-order valence-corrected chi connectivity index (χ1v) is 14.3. The summed E-state index contributed by atoms with van der Waals surface area (Å²) in [5, 5.41) is 15.5. The molecule has 204 valence electrons. The molecule has 0 amide bonds. The third-order valence-corrected chi connectivity index (χ3v) is 8.53. The molecule has 0 bridgehead atoms. The number of carboxylic acids is 1. The van der Waals surface area contributed by atoms with E-state index >= 15 is 0 Å². The van der Waals surface area contributed by atoms with Crippen LogP contribution in [0.1, 0.15) is 59.8 Å². The van der Waals surface area contributed by atoms with Crippen LogP contribution in [-0.4, -0.2) is 45.4 Å². The van der Waals surface area contributed by atoms with Gasteiger partial charge in [0.05, 0.1) is 22.2 Å². The number of halogens is 2. The first-order valence-electron chi connectivity index (χ1n) is 13.5. The lowest BCUT2D eigenvalue weighted by Crippen LogP contribution is -2.45. The number of benzene rings is 1. The summed E-state index contributed by atoms with van der Waals surface area (Å²) in [6, 6.07) is 9.17. The van der Waals surface area contributed by atoms with Crippen molar-refractivity contribution in [2.75, 3.05) is 18.0 Å². The lowest BCUT2D eigenvalue weighted by atomic mass is 9.95. The Labute approximate surface area is 240 Å². The van der Waals surface area contributed by atoms with Crippen molar-refractivity contribution >= 4 is 51.8 Å². The number of aromatic nitrogens is 3. The number of hydrogen-bond donors (Lipinski definition) is 1. The van der Waals surface area contributed by atoms with E-state index in [4.69, 9.17) is 32.5 Å². The summed E-state index contributed by atoms with van der Waals surface area (Å²) in [6.07, 6.45) is 11.3. The minimum Gasteiger partial charge on any atom is -0.490 e. The van der Waals surface area contributed by atoms with Crippen molar-refractivity contribution in [3.8, 4) is 17.0 Å². The Kier molecular flexibility index (Phi) is 6.40. The van der Waals surface area contributed by atoms with Crippen LogP contribution < -0.4 is 9.64 Å². The standard InChI is InChI=1S/C30H26Cl2N4O4/c31-22-10-11-33-29(32)26(22)27-20(28(40-35-27)17-5-6-17)8-4-16-14-36(15-16)18-7-9-23-21(12-18)25(39-19-2-1-3-19)13-24(34-23)30(37)38/h4,7-13,16-17,19H,1-3,5-6,14-15H2,(H,37,38)/b8-4+. The molecule has 2 aliphatic carbocycles. The molecule has 3 aliphatic rings. The first kappa shape index (κ1) is 25.4. The lowest BCUT2D eigenvalue weighted by Gasteiger charge is -2.40. The Morgan fingerprint density at radius 2 is 1.95 bits per heavy atom. The Bertz CT molecular complexity index is 1630. The van der Waals surface area contributed by atoms with Crippen LogP contribution in [0.15, 0.2) is 47.1 Å². The van der Waals surface area contributed by atoms with Crippen molar-refractivity contribution < 1.29 is 19.2 Å². The van der Waals surface area contributed by atoms with Crippen LogP contribution in [0.4, 0.5) is 5.69 Å². The van der Waals surface area contributed by atoms with Crippen LogP contribution >= 0.6 is 23.2 Å². The maximum Gasteiger partial charge on any atom is 0.354 e. The van der Waals surface area contributed by atoms with Crippen molar-refractivity contribution in [3.05, 3.63) is 69.8 Å². The van der Waals surface area contributed by atoms with Crippen molar-refractivity contribution in [2.45, 2.75) is 44.1 Å². The number of fused-ring (bicyclic) bond motifs is 1. The fraction of sp³-hybridized carbons (Fsp3) is 0.333. The van der Waals surface area contributed by atoms with Gasteiger partial charge in [0.1, 0.15) is 22.4 Å². The zero-order valence-corrected chi connectivity index (χ0v) is 23.0. The Morgan fingerprint density at radius 3 is 2.65 bits per heavy atom. The summed E-state index contributed by atoms with van der Waals surface area (Å²) in [6.45, 7) is 1.69. The highest BCUT2D eigenvalue weighted by atomic mass is 35.5. The number of ether oxygens (including phenoxy) is 1. The molecule has 0 unspecified atom stereocenters. The van der Waals surface area contributed by atoms with E-state index in [1.807, 2.05) is 12.1 Å². The second-order valence-electron chi connectivity index (χ2n) is 10.7. The van der Waals surface area contributed by atoms with Gasteiger partial charge < -0.3 is 19.3 Å². The number of carboxylic acid groups (broad SMARTS) is 1. The van der Waals surface area contributed by atoms with E-state index in [0.717, 1.165) is 67.6 Å². The first-order chi connectivity index (χ1) is 19.4. The minimum absolute atomic E-state index is 0.00347. The summed E-state index contributed by atoms with van der Waals surface area (Å²) < 4.78 is 11.9. The topological polar surface area (TPSA) is 102 Å². The molecule has 2 saturated carbocycles. The summed E-state index contributed by atoms with van der Waals surface area (Å²) >= 11 is 12.9. The van der Waals surface area contributed by atoms with Gasteiger partial charge in [-0.15, -0.1) is 0 Å². The monoisotopic (exact) mass is 576 g/mol. The van der Waals surface area contributed by atoms with Crippen LogP contribution in [0, 0.1) is 5.92 Å². The van der Waals surface area contributed by atoms with Gasteiger partial charge in [0, 0.05) is 53.8 Å². The van der Waals surface area contributed by atoms with Crippen molar-refractivity contribution in [1.29, 1.82) is 0 Å². The van der Waals surface area contributed by atoms with Crippen LogP contribution in [-0.2, 0) is 0 Å². The highest BCUT2D eigenvalue weighted by molar-refractivity contribution is 6.38. The summed E-state index contributed by atoms with van der Waals surface area (Å²) in [7, 11) is 0. The maximum atomic E-state index is 11.6. The van der Waals surface area contributed by atoms with Crippen LogP contribution in [0.25, 0.3) is 28.2 Å². The minimum atomic E-state index is -1.06. The maximum absolute atomic E-state index is 11.6. The van der Waals surface area contributed by atoms with E-state index in [-0.39, 0.29) is 11.8 Å². The average molecular weight is 577 g/mol. The van der Waals surface area contributed by atoms with Gasteiger partial charge in [-0.3, -0.25) is 0 Å². The van der Waals surface area contributed by atoms with E-state index in [1.54, 1.807) is 18.3 Å². The van der Waals surface area contributed by atoms with Crippen LogP contribution in [0.2, 0.25) is 10.2 Å². The summed E-state index contributed by atoms with van der Waals surface area (Å²) in [5.41, 5.74) is 3.80. The largest absolute Gasteiger partial charge is 0.490 e. The number of nitrogens with zero attached hydrogens (tertiary/aromatic N) is 4. The Balaban J connectivity index is 1.12. The number of aromatic carboxylic acids is 1. The van der Waals surface area contributed by atoms with Gasteiger partial charge in [0.15, 0.2) is 5.69 Å². The molecule has 0 atom stereocenters. The van der Waals surface area contributed by atoms with Gasteiger partial charge in [0.2, 0.25) is 0 Å². The van der Waals surface area contributed by atoms with Crippen LogP contribution in [0.3, 0.4) is 0 Å². The zero-order valence-electron chi connectivity index (χ0n) is 21.5. The molecule has 3 aromatic heterocycles. The van der Waals surface area contributed by atoms with E-state index in [2.05, 4.69) is 38.2 Å². The molecular weight excluding hydrogens is 551 g/mol. The predicted octanol–water partition coefficient (Wildman–Crippen LogP) is 7.25. The quantitative estimate of drug-likeness (QED) is 0.219. The lowest BCUT2D eigenvalue weighted by molar-refractivity contribution is 0.0689. The number of rotatable bonds is 8. The number of pyridine rings is 2. The van der Waals surface area contributed by atoms with Crippen molar-refractivity contribution in [3.63, 3.8) is 0 Å². The summed E-state index contributed by atoms with van der Waals surface area (Å²) in [4.78, 5) is 22.4. The fourth-order valence-electron chi connectivity index (χ4n) is 5.25. The molecule has 1 N–H and O–H groups in total. The van der Waals surface area contributed by atoms with Gasteiger partial charge in [-0.1, -0.05) is 40.5 Å². The molecule has 4 heterocycles. The van der Waals surface area contributed by atoms with Gasteiger partial charge in [-0.25, -0.2) is 14.8 Å². The van der Waals surface area contributed by atoms with Crippen molar-refractivity contribution in [1.82, 2.24) is 15.1 Å². The Morgan fingerprint density at radius 1 is 1.12 bits per heavy atom. The molecule has 1 aromatic carbocycles. The third-order valence-electron chi connectivity index (χ3n) is 7.92. The fourth-order valence-corrected chi connectivity index (χ4v) is 5.78. The van der Waals surface area contributed by atoms with E-state index in [9.17, 15) is 9.90 Å². The van der Waals surface area contributed by atoms with Gasteiger partial charge in [-0.05, 0) is 56.4 Å². The molecule has 1 saturated heterocycles. The summed E-state index contributed by atoms with van der Waals surface area (Å²) in [5.74, 6) is 1.11. The molecule has 10 heteroatoms. The molecule has 4 aromatic rings. The van der Waals surface area contributed by atoms with Gasteiger partial charge >= 0.3 is 5.97 Å². The SMILES string of the molecule is O=C(O)c1cc(OC2CCC2)c2cc(N3CC(/C=C/c4c(-c5c(Cl)ccnc5Cl)noc4C4CC4)C3)ccc2n1. The van der Waals surface area contributed by atoms with Crippen LogP contribution in [0.5, 0.6) is 5.75 Å². The molecule has 8 nitrogen and oxygen atoms in total. The zero-order chi connectivity index (χ0) is 27.4. The molecule has 7 rings (SSSR count). The molecule has 0 spiro atoms. The molecule has 0 radical (unpaired) electrons. The second-order valence-corrected chi connectivity index (χ2v) is 11.5. The smallest absolute Gasteiger partial charge is 0.354 e. The predicted molar refractivity (Wildman–Crippen MR) is 153 cm³/mol. The number of hydrogen-bond acceptors (Lipinski definition) is 7. The normalized spacial score (nSPS) is 17.8. The van der Waals surface area contributed by atoms with Gasteiger partial charge in [0.25, 0.3) is 0 Å². The highest BCUT2D eigenvalue weighted by Crippen LogP contribution is 2.46. The average Bonchev–Trinajstić information content (AvgIpc) is 3.65. The number of anilines is 1. The number of carbonyl (C=O) groups is 1. The molecule has 40 heavy (non-hydrogen) atoms.